The van der Waals surface area contributed by atoms with E-state index in [0.717, 1.165) is 51.9 Å². The topological polar surface area (TPSA) is 9.23 Å². The molecule has 3 atom stereocenters. The zero-order valence-electron chi connectivity index (χ0n) is 13.6. The molecule has 0 amide bonds. The van der Waals surface area contributed by atoms with Crippen LogP contribution in [0, 0.1) is 11.8 Å². The van der Waals surface area contributed by atoms with Gasteiger partial charge in [0.05, 0.1) is 6.10 Å². The molecule has 2 aromatic rings. The minimum atomic E-state index is 0.366. The molecular weight excluding hydrogens is 372 g/mol. The summed E-state index contributed by atoms with van der Waals surface area (Å²) in [5, 5.41) is 0.808. The number of hydrogen-bond acceptors (Lipinski definition) is 1. The molecule has 0 unspecified atom stereocenters. The van der Waals surface area contributed by atoms with Gasteiger partial charge in [-0.2, -0.15) is 0 Å². The number of rotatable bonds is 4. The second kappa shape index (κ2) is 7.27. The molecule has 1 saturated carbocycles. The fourth-order valence-corrected chi connectivity index (χ4v) is 3.86. The molecule has 1 aliphatic rings. The van der Waals surface area contributed by atoms with Crippen LogP contribution in [0.2, 0.25) is 5.02 Å². The van der Waals surface area contributed by atoms with E-state index in [9.17, 15) is 0 Å². The summed E-state index contributed by atoms with van der Waals surface area (Å²) in [6.07, 6.45) is 3.52. The molecule has 0 radical (unpaired) electrons. The van der Waals surface area contributed by atoms with Crippen LogP contribution in [-0.2, 0) is 6.42 Å². The van der Waals surface area contributed by atoms with Crippen molar-refractivity contribution in [3.05, 3.63) is 63.1 Å². The summed E-state index contributed by atoms with van der Waals surface area (Å²) in [5.74, 6) is 2.50. The largest absolute Gasteiger partial charge is 0.490 e. The first kappa shape index (κ1) is 16.9. The molecule has 0 heterocycles. The summed E-state index contributed by atoms with van der Waals surface area (Å²) in [7, 11) is 0. The third kappa shape index (κ3) is 4.30. The lowest BCUT2D eigenvalue weighted by atomic mass is 10.0. The number of halogens is 2. The highest BCUT2D eigenvalue weighted by Crippen LogP contribution is 2.34. The van der Waals surface area contributed by atoms with Crippen LogP contribution in [0.5, 0.6) is 5.75 Å². The number of ether oxygens (including phenoxy) is 1. The second-order valence-electron chi connectivity index (χ2n) is 6.72. The lowest BCUT2D eigenvalue weighted by Crippen LogP contribution is -2.12. The first-order valence-corrected chi connectivity index (χ1v) is 9.38. The van der Waals surface area contributed by atoms with Crippen LogP contribution in [0.3, 0.4) is 0 Å². The van der Waals surface area contributed by atoms with Gasteiger partial charge in [-0.3, -0.25) is 0 Å². The van der Waals surface area contributed by atoms with E-state index in [1.807, 2.05) is 12.1 Å². The van der Waals surface area contributed by atoms with Gasteiger partial charge in [-0.1, -0.05) is 53.5 Å². The standard InChI is InChI=1S/C20H22BrClO/c1-13-9-19(10-14(13)2)23-18-6-3-15(4-7-18)11-16-12-17(21)5-8-20(16)22/h3-8,12-14,19H,9-11H2,1-2H3/t13-,14+,19+. The van der Waals surface area contributed by atoms with E-state index in [2.05, 4.69) is 60.1 Å². The lowest BCUT2D eigenvalue weighted by Gasteiger charge is -2.14. The lowest BCUT2D eigenvalue weighted by molar-refractivity contribution is 0.203. The Kier molecular flexibility index (Phi) is 5.33. The Hall–Kier alpha value is -0.990. The molecular formula is C20H22BrClO. The monoisotopic (exact) mass is 392 g/mol. The molecule has 1 aliphatic carbocycles. The molecule has 1 fully saturated rings. The molecule has 3 rings (SSSR count). The van der Waals surface area contributed by atoms with Crippen molar-refractivity contribution in [1.29, 1.82) is 0 Å². The van der Waals surface area contributed by atoms with Crippen LogP contribution in [0.25, 0.3) is 0 Å². The van der Waals surface area contributed by atoms with Gasteiger partial charge < -0.3 is 4.74 Å². The van der Waals surface area contributed by atoms with Crippen molar-refractivity contribution < 1.29 is 4.74 Å². The maximum atomic E-state index is 6.27. The maximum absolute atomic E-state index is 6.27. The molecule has 2 aromatic carbocycles. The molecule has 1 nitrogen and oxygen atoms in total. The number of benzene rings is 2. The molecule has 0 aromatic heterocycles. The molecule has 0 bridgehead atoms. The third-order valence-corrected chi connectivity index (χ3v) is 5.73. The van der Waals surface area contributed by atoms with Crippen molar-refractivity contribution in [3.63, 3.8) is 0 Å². The fourth-order valence-electron chi connectivity index (χ4n) is 3.26. The summed E-state index contributed by atoms with van der Waals surface area (Å²) in [6.45, 7) is 4.64. The summed E-state index contributed by atoms with van der Waals surface area (Å²) in [4.78, 5) is 0. The highest BCUT2D eigenvalue weighted by atomic mass is 79.9. The summed E-state index contributed by atoms with van der Waals surface area (Å²) >= 11 is 9.77. The maximum Gasteiger partial charge on any atom is 0.119 e. The quantitative estimate of drug-likeness (QED) is 0.575. The van der Waals surface area contributed by atoms with Gasteiger partial charge in [-0.25, -0.2) is 0 Å². The Morgan fingerprint density at radius 1 is 1.04 bits per heavy atom. The Bertz CT molecular complexity index is 658. The Morgan fingerprint density at radius 2 is 1.70 bits per heavy atom. The van der Waals surface area contributed by atoms with E-state index in [4.69, 9.17) is 16.3 Å². The zero-order valence-corrected chi connectivity index (χ0v) is 15.9. The molecule has 0 saturated heterocycles. The minimum Gasteiger partial charge on any atom is -0.490 e. The van der Waals surface area contributed by atoms with Crippen molar-refractivity contribution in [1.82, 2.24) is 0 Å². The van der Waals surface area contributed by atoms with Gasteiger partial charge in [0.25, 0.3) is 0 Å². The van der Waals surface area contributed by atoms with Crippen molar-refractivity contribution in [2.75, 3.05) is 0 Å². The van der Waals surface area contributed by atoms with Crippen LogP contribution in [0.15, 0.2) is 46.9 Å². The van der Waals surface area contributed by atoms with E-state index in [1.165, 1.54) is 5.56 Å². The van der Waals surface area contributed by atoms with Gasteiger partial charge in [-0.15, -0.1) is 0 Å². The first-order valence-electron chi connectivity index (χ1n) is 8.21. The van der Waals surface area contributed by atoms with Crippen LogP contribution in [0.1, 0.15) is 37.8 Å². The van der Waals surface area contributed by atoms with Gasteiger partial charge in [0.1, 0.15) is 5.75 Å². The number of hydrogen-bond donors (Lipinski definition) is 0. The Balaban J connectivity index is 1.64. The molecule has 0 N–H and O–H groups in total. The van der Waals surface area contributed by atoms with Crippen LogP contribution in [0.4, 0.5) is 0 Å². The van der Waals surface area contributed by atoms with Gasteiger partial charge in [0.15, 0.2) is 0 Å². The highest BCUT2D eigenvalue weighted by molar-refractivity contribution is 9.10. The van der Waals surface area contributed by atoms with Gasteiger partial charge in [0.2, 0.25) is 0 Å². The van der Waals surface area contributed by atoms with Gasteiger partial charge >= 0.3 is 0 Å². The van der Waals surface area contributed by atoms with Crippen LogP contribution >= 0.6 is 27.5 Å². The average molecular weight is 394 g/mol. The highest BCUT2D eigenvalue weighted by Gasteiger charge is 2.29. The van der Waals surface area contributed by atoms with Gasteiger partial charge in [0, 0.05) is 9.50 Å². The molecule has 0 aliphatic heterocycles. The zero-order chi connectivity index (χ0) is 16.4. The molecule has 23 heavy (non-hydrogen) atoms. The van der Waals surface area contributed by atoms with E-state index >= 15 is 0 Å². The predicted molar refractivity (Wildman–Crippen MR) is 100 cm³/mol. The SMILES string of the molecule is C[C@@H]1C[C@H](Oc2ccc(Cc3cc(Br)ccc3Cl)cc2)C[C@@H]1C. The average Bonchev–Trinajstić information content (AvgIpc) is 2.83. The van der Waals surface area contributed by atoms with E-state index < -0.39 is 0 Å². The Morgan fingerprint density at radius 3 is 2.35 bits per heavy atom. The van der Waals surface area contributed by atoms with E-state index in [0.29, 0.717) is 6.10 Å². The first-order chi connectivity index (χ1) is 11.0. The molecule has 122 valence electrons. The summed E-state index contributed by atoms with van der Waals surface area (Å²) in [6, 6.07) is 14.4. The minimum absolute atomic E-state index is 0.366. The fraction of sp³-hybridized carbons (Fsp3) is 0.400. The van der Waals surface area contributed by atoms with Crippen molar-refractivity contribution >= 4 is 27.5 Å². The van der Waals surface area contributed by atoms with Crippen LogP contribution < -0.4 is 4.74 Å². The van der Waals surface area contributed by atoms with Crippen molar-refractivity contribution in [3.8, 4) is 5.75 Å². The third-order valence-electron chi connectivity index (χ3n) is 4.87. The van der Waals surface area contributed by atoms with Crippen molar-refractivity contribution in [2.45, 2.75) is 39.2 Å². The van der Waals surface area contributed by atoms with Crippen LogP contribution in [-0.4, -0.2) is 6.10 Å². The van der Waals surface area contributed by atoms with Crippen molar-refractivity contribution in [2.24, 2.45) is 11.8 Å². The molecule has 3 heteroatoms. The van der Waals surface area contributed by atoms with Gasteiger partial charge in [-0.05, 0) is 72.6 Å². The second-order valence-corrected chi connectivity index (χ2v) is 8.05. The normalized spacial score (nSPS) is 23.9. The smallest absolute Gasteiger partial charge is 0.119 e. The Labute approximate surface area is 152 Å². The van der Waals surface area contributed by atoms with E-state index in [1.54, 1.807) is 0 Å². The predicted octanol–water partition coefficient (Wildman–Crippen LogP) is 6.51. The molecule has 0 spiro atoms. The summed E-state index contributed by atoms with van der Waals surface area (Å²) < 4.78 is 7.19. The summed E-state index contributed by atoms with van der Waals surface area (Å²) in [5.41, 5.74) is 2.37. The van der Waals surface area contributed by atoms with E-state index in [-0.39, 0.29) is 0 Å².